The van der Waals surface area contributed by atoms with E-state index in [1.54, 1.807) is 36.9 Å². The van der Waals surface area contributed by atoms with Crippen LogP contribution in [0.1, 0.15) is 49.5 Å². The molecule has 39 heavy (non-hydrogen) atoms. The summed E-state index contributed by atoms with van der Waals surface area (Å²) in [5.41, 5.74) is 0.533. The van der Waals surface area contributed by atoms with Gasteiger partial charge in [-0.3, -0.25) is 14.5 Å². The Labute approximate surface area is 240 Å². The number of nitrogens with zero attached hydrogens (tertiary/aromatic N) is 1. The molecule has 2 saturated heterocycles. The van der Waals surface area contributed by atoms with Crippen molar-refractivity contribution in [2.75, 3.05) is 24.6 Å². The van der Waals surface area contributed by atoms with Crippen molar-refractivity contribution in [3.63, 3.8) is 0 Å². The molecule has 212 valence electrons. The highest BCUT2D eigenvalue weighted by Crippen LogP contribution is 2.40. The monoisotopic (exact) mass is 571 g/mol. The SMILES string of the molecule is Cc1c(O)cccc1C(=O)N[C@@H](CSc1ccccc1)[C@H](O)CN1C[C@H]2SCC[C@H]2C[C@H]1C(=O)NC(C)(C)C. The van der Waals surface area contributed by atoms with Gasteiger partial charge in [0.15, 0.2) is 0 Å². The molecule has 4 N–H and O–H groups in total. The van der Waals surface area contributed by atoms with Gasteiger partial charge in [0.05, 0.1) is 18.2 Å². The maximum absolute atomic E-state index is 13.4. The second-order valence-corrected chi connectivity index (χ2v) is 14.1. The number of thioether (sulfide) groups is 2. The molecule has 0 aliphatic carbocycles. The average molecular weight is 572 g/mol. The summed E-state index contributed by atoms with van der Waals surface area (Å²) >= 11 is 3.53. The maximum atomic E-state index is 13.4. The molecule has 2 amide bonds. The summed E-state index contributed by atoms with van der Waals surface area (Å²) in [6.45, 7) is 8.68. The number of aromatic hydroxyl groups is 1. The number of rotatable bonds is 9. The Morgan fingerprint density at radius 2 is 1.90 bits per heavy atom. The molecule has 0 radical (unpaired) electrons. The van der Waals surface area contributed by atoms with Gasteiger partial charge in [-0.2, -0.15) is 11.8 Å². The highest BCUT2D eigenvalue weighted by Gasteiger charge is 2.43. The lowest BCUT2D eigenvalue weighted by molar-refractivity contribution is -0.130. The number of benzene rings is 2. The van der Waals surface area contributed by atoms with Crippen molar-refractivity contribution in [1.29, 1.82) is 0 Å². The van der Waals surface area contributed by atoms with Crippen LogP contribution in [0.25, 0.3) is 0 Å². The van der Waals surface area contributed by atoms with E-state index < -0.39 is 12.1 Å². The summed E-state index contributed by atoms with van der Waals surface area (Å²) in [6, 6.07) is 13.9. The van der Waals surface area contributed by atoms with Gasteiger partial charge in [-0.1, -0.05) is 24.3 Å². The number of amides is 2. The van der Waals surface area contributed by atoms with Gasteiger partial charge in [0.2, 0.25) is 5.91 Å². The van der Waals surface area contributed by atoms with Crippen LogP contribution < -0.4 is 10.6 Å². The minimum absolute atomic E-state index is 0.000295. The molecule has 2 heterocycles. The second-order valence-electron chi connectivity index (χ2n) is 11.6. The number of aliphatic hydroxyl groups excluding tert-OH is 1. The van der Waals surface area contributed by atoms with Gasteiger partial charge in [0.1, 0.15) is 5.75 Å². The first-order chi connectivity index (χ1) is 18.5. The molecule has 2 aromatic rings. The second kappa shape index (κ2) is 13.0. The predicted octanol–water partition coefficient (Wildman–Crippen LogP) is 4.06. The Hall–Kier alpha value is -2.20. The van der Waals surface area contributed by atoms with Gasteiger partial charge in [-0.15, -0.1) is 11.8 Å². The molecule has 0 bridgehead atoms. The van der Waals surface area contributed by atoms with Crippen molar-refractivity contribution in [2.24, 2.45) is 5.92 Å². The molecule has 2 fully saturated rings. The minimum atomic E-state index is -0.893. The van der Waals surface area contributed by atoms with E-state index >= 15 is 0 Å². The van der Waals surface area contributed by atoms with Gasteiger partial charge in [0, 0.05) is 45.7 Å². The third-order valence-corrected chi connectivity index (χ3v) is 10.0. The fraction of sp³-hybridized carbons (Fsp3) is 0.533. The number of piperidine rings is 1. The van der Waals surface area contributed by atoms with E-state index in [0.717, 1.165) is 30.0 Å². The molecular formula is C30H41N3O4S2. The molecule has 9 heteroatoms. The number of carbonyl (C=O) groups is 2. The van der Waals surface area contributed by atoms with Crippen LogP contribution in [-0.2, 0) is 4.79 Å². The number of β-amino-alcohol motifs (C(OH)–C–C–N with tert-alkyl or cyclic N) is 1. The maximum Gasteiger partial charge on any atom is 0.252 e. The minimum Gasteiger partial charge on any atom is -0.508 e. The molecule has 0 saturated carbocycles. The summed E-state index contributed by atoms with van der Waals surface area (Å²) in [4.78, 5) is 29.8. The molecule has 0 spiro atoms. The average Bonchev–Trinajstić information content (AvgIpc) is 3.34. The first-order valence-electron chi connectivity index (χ1n) is 13.6. The number of hydrogen-bond acceptors (Lipinski definition) is 7. The van der Waals surface area contributed by atoms with Crippen LogP contribution in [0.4, 0.5) is 0 Å². The van der Waals surface area contributed by atoms with Crippen LogP contribution in [0.15, 0.2) is 53.4 Å². The molecule has 4 rings (SSSR count). The van der Waals surface area contributed by atoms with E-state index in [0.29, 0.717) is 28.0 Å². The topological polar surface area (TPSA) is 102 Å². The molecule has 0 aromatic heterocycles. The zero-order chi connectivity index (χ0) is 28.2. The molecule has 2 aliphatic heterocycles. The van der Waals surface area contributed by atoms with E-state index in [2.05, 4.69) is 15.5 Å². The molecule has 2 aliphatic rings. The van der Waals surface area contributed by atoms with Crippen LogP contribution in [-0.4, -0.2) is 80.5 Å². The van der Waals surface area contributed by atoms with Crippen LogP contribution >= 0.6 is 23.5 Å². The van der Waals surface area contributed by atoms with Crippen molar-refractivity contribution in [1.82, 2.24) is 15.5 Å². The van der Waals surface area contributed by atoms with Crippen LogP contribution in [0.3, 0.4) is 0 Å². The largest absolute Gasteiger partial charge is 0.508 e. The fourth-order valence-electron chi connectivity index (χ4n) is 5.32. The van der Waals surface area contributed by atoms with Crippen LogP contribution in [0.2, 0.25) is 0 Å². The summed E-state index contributed by atoms with van der Waals surface area (Å²) in [5, 5.41) is 28.3. The van der Waals surface area contributed by atoms with Gasteiger partial charge < -0.3 is 20.8 Å². The summed E-state index contributed by atoms with van der Waals surface area (Å²) in [5.74, 6) is 1.80. The zero-order valence-corrected chi connectivity index (χ0v) is 24.9. The molecule has 5 atom stereocenters. The van der Waals surface area contributed by atoms with Crippen LogP contribution in [0.5, 0.6) is 5.75 Å². The van der Waals surface area contributed by atoms with Gasteiger partial charge in [-0.25, -0.2) is 0 Å². The van der Waals surface area contributed by atoms with Gasteiger partial charge in [0.25, 0.3) is 5.91 Å². The van der Waals surface area contributed by atoms with Crippen molar-refractivity contribution in [2.45, 2.75) is 74.4 Å². The Balaban J connectivity index is 1.53. The quantitative estimate of drug-likeness (QED) is 0.337. The van der Waals surface area contributed by atoms with Crippen LogP contribution in [0, 0.1) is 12.8 Å². The zero-order valence-electron chi connectivity index (χ0n) is 23.2. The number of likely N-dealkylation sites (tertiary alicyclic amines) is 1. The predicted molar refractivity (Wildman–Crippen MR) is 159 cm³/mol. The summed E-state index contributed by atoms with van der Waals surface area (Å²) < 4.78 is 0. The standard InChI is InChI=1S/C30H41N3O4S2/c1-19-22(11-8-12-25(19)34)28(36)31-23(18-39-21-9-6-5-7-10-21)26(35)16-33-17-27-20(13-14-38-27)15-24(33)29(37)32-30(2,3)4/h5-12,20,23-24,26-27,34-35H,13-18H2,1-4H3,(H,31,36)(H,32,37)/t20-,23-,24-,26+,27+/m0/s1. The third-order valence-electron chi connectivity index (χ3n) is 7.45. The lowest BCUT2D eigenvalue weighted by atomic mass is 9.87. The van der Waals surface area contributed by atoms with Crippen molar-refractivity contribution < 1.29 is 19.8 Å². The van der Waals surface area contributed by atoms with E-state index in [4.69, 9.17) is 0 Å². The van der Waals surface area contributed by atoms with Gasteiger partial charge in [-0.05, 0) is 76.5 Å². The highest BCUT2D eigenvalue weighted by atomic mass is 32.2. The number of nitrogens with one attached hydrogen (secondary N) is 2. The molecular weight excluding hydrogens is 530 g/mol. The normalized spacial score (nSPS) is 23.1. The van der Waals surface area contributed by atoms with Gasteiger partial charge >= 0.3 is 0 Å². The highest BCUT2D eigenvalue weighted by molar-refractivity contribution is 8.00. The molecule has 2 aromatic carbocycles. The molecule has 7 nitrogen and oxygen atoms in total. The van der Waals surface area contributed by atoms with E-state index in [1.165, 1.54) is 0 Å². The Morgan fingerprint density at radius 1 is 1.15 bits per heavy atom. The summed E-state index contributed by atoms with van der Waals surface area (Å²) in [7, 11) is 0. The third kappa shape index (κ3) is 7.93. The first kappa shape index (κ1) is 29.8. The smallest absolute Gasteiger partial charge is 0.252 e. The lowest BCUT2D eigenvalue weighted by Crippen LogP contribution is -2.60. The van der Waals surface area contributed by atoms with Crippen molar-refractivity contribution in [3.05, 3.63) is 59.7 Å². The van der Waals surface area contributed by atoms with Crippen molar-refractivity contribution in [3.8, 4) is 5.75 Å². The fourth-order valence-corrected chi connectivity index (χ4v) is 7.91. The number of fused-ring (bicyclic) bond motifs is 1. The Kier molecular flexibility index (Phi) is 9.91. The Bertz CT molecular complexity index is 1140. The number of phenolic OH excluding ortho intramolecular Hbond substituents is 1. The van der Waals surface area contributed by atoms with E-state index in [9.17, 15) is 19.8 Å². The molecule has 0 unspecified atom stereocenters. The number of carbonyl (C=O) groups excluding carboxylic acids is 2. The van der Waals surface area contributed by atoms with Crippen molar-refractivity contribution >= 4 is 35.3 Å². The first-order valence-corrected chi connectivity index (χ1v) is 15.7. The number of hydrogen-bond donors (Lipinski definition) is 4. The Morgan fingerprint density at radius 3 is 2.62 bits per heavy atom. The number of aliphatic hydroxyl groups is 1. The van der Waals surface area contributed by atoms with E-state index in [-0.39, 0.29) is 35.7 Å². The summed E-state index contributed by atoms with van der Waals surface area (Å²) in [6.07, 6.45) is 1.02. The number of phenols is 1. The lowest BCUT2D eigenvalue weighted by Gasteiger charge is -2.43. The van der Waals surface area contributed by atoms with E-state index in [1.807, 2.05) is 62.9 Å².